The van der Waals surface area contributed by atoms with Gasteiger partial charge in [-0.25, -0.2) is 0 Å². The number of anilines is 1. The second-order valence-corrected chi connectivity index (χ2v) is 6.80. The summed E-state index contributed by atoms with van der Waals surface area (Å²) in [7, 11) is 0. The van der Waals surface area contributed by atoms with Gasteiger partial charge in [-0.05, 0) is 56.0 Å². The van der Waals surface area contributed by atoms with E-state index in [-0.39, 0.29) is 11.8 Å². The molecule has 1 saturated heterocycles. The Balaban J connectivity index is 1.57. The predicted molar refractivity (Wildman–Crippen MR) is 96.4 cm³/mol. The van der Waals surface area contributed by atoms with Crippen LogP contribution in [0.5, 0.6) is 0 Å². The van der Waals surface area contributed by atoms with Crippen LogP contribution in [0.1, 0.15) is 54.2 Å². The molecule has 3 rings (SSSR count). The zero-order valence-electron chi connectivity index (χ0n) is 14.5. The highest BCUT2D eigenvalue weighted by Gasteiger charge is 2.16. The number of nitrogens with one attached hydrogen (secondary N) is 2. The van der Waals surface area contributed by atoms with Gasteiger partial charge < -0.3 is 10.2 Å². The zero-order valence-corrected chi connectivity index (χ0v) is 14.5. The van der Waals surface area contributed by atoms with Crippen LogP contribution < -0.4 is 5.32 Å². The minimum absolute atomic E-state index is 0.114. The summed E-state index contributed by atoms with van der Waals surface area (Å²) < 4.78 is 0. The van der Waals surface area contributed by atoms with Gasteiger partial charge in [0.15, 0.2) is 0 Å². The van der Waals surface area contributed by atoms with E-state index in [0.29, 0.717) is 5.56 Å². The molecule has 0 spiro atoms. The number of carbonyl (C=O) groups is 1. The molecular formula is C19H26N4O. The molecule has 0 saturated carbocycles. The SMILES string of the molecule is CC(C)c1[nH]ncc1C(=O)Nc1ccc(CCN2CCCC2)cc1. The Labute approximate surface area is 143 Å². The van der Waals surface area contributed by atoms with Crippen LogP contribution in [-0.4, -0.2) is 40.6 Å². The van der Waals surface area contributed by atoms with Crippen LogP contribution in [0.15, 0.2) is 30.5 Å². The normalized spacial score (nSPS) is 15.1. The number of hydrogen-bond donors (Lipinski definition) is 2. The Kier molecular flexibility index (Phi) is 5.30. The average Bonchev–Trinajstić information content (AvgIpc) is 3.25. The van der Waals surface area contributed by atoms with Crippen molar-refractivity contribution in [1.82, 2.24) is 15.1 Å². The Morgan fingerprint density at radius 3 is 2.62 bits per heavy atom. The molecule has 1 amide bonds. The number of likely N-dealkylation sites (tertiary alicyclic amines) is 1. The van der Waals surface area contributed by atoms with E-state index in [9.17, 15) is 4.79 Å². The number of rotatable bonds is 6. The number of H-pyrrole nitrogens is 1. The Morgan fingerprint density at radius 1 is 1.25 bits per heavy atom. The standard InChI is InChI=1S/C19H26N4O/c1-14(2)18-17(13-20-22-18)19(24)21-16-7-5-15(6-8-16)9-12-23-10-3-4-11-23/h5-8,13-14H,3-4,9-12H2,1-2H3,(H,20,22)(H,21,24). The van der Waals surface area contributed by atoms with Gasteiger partial charge in [0, 0.05) is 12.2 Å². The lowest BCUT2D eigenvalue weighted by molar-refractivity contribution is 0.102. The monoisotopic (exact) mass is 326 g/mol. The topological polar surface area (TPSA) is 61.0 Å². The second kappa shape index (κ2) is 7.62. The minimum atomic E-state index is -0.114. The quantitative estimate of drug-likeness (QED) is 0.855. The molecule has 24 heavy (non-hydrogen) atoms. The number of nitrogens with zero attached hydrogens (tertiary/aromatic N) is 2. The summed E-state index contributed by atoms with van der Waals surface area (Å²) in [5.74, 6) is 0.124. The highest BCUT2D eigenvalue weighted by Crippen LogP contribution is 2.18. The van der Waals surface area contributed by atoms with Crippen molar-refractivity contribution in [2.24, 2.45) is 0 Å². The largest absolute Gasteiger partial charge is 0.322 e. The van der Waals surface area contributed by atoms with E-state index in [2.05, 4.69) is 32.5 Å². The minimum Gasteiger partial charge on any atom is -0.322 e. The number of amides is 1. The third-order valence-corrected chi connectivity index (χ3v) is 4.62. The van der Waals surface area contributed by atoms with E-state index in [0.717, 1.165) is 24.3 Å². The van der Waals surface area contributed by atoms with E-state index in [4.69, 9.17) is 0 Å². The molecule has 1 fully saturated rings. The first kappa shape index (κ1) is 16.7. The molecule has 1 aliphatic heterocycles. The third kappa shape index (κ3) is 4.03. The Hall–Kier alpha value is -2.14. The molecule has 0 atom stereocenters. The van der Waals surface area contributed by atoms with Crippen molar-refractivity contribution in [2.45, 2.75) is 39.0 Å². The number of carbonyl (C=O) groups excluding carboxylic acids is 1. The van der Waals surface area contributed by atoms with E-state index < -0.39 is 0 Å². The molecule has 5 heteroatoms. The summed E-state index contributed by atoms with van der Waals surface area (Å²) in [6.07, 6.45) is 5.32. The lowest BCUT2D eigenvalue weighted by Gasteiger charge is -2.14. The van der Waals surface area contributed by atoms with E-state index >= 15 is 0 Å². The molecule has 2 heterocycles. The van der Waals surface area contributed by atoms with Gasteiger partial charge in [-0.15, -0.1) is 0 Å². The Morgan fingerprint density at radius 2 is 1.96 bits per heavy atom. The van der Waals surface area contributed by atoms with Gasteiger partial charge in [0.2, 0.25) is 0 Å². The van der Waals surface area contributed by atoms with Crippen molar-refractivity contribution >= 4 is 11.6 Å². The van der Waals surface area contributed by atoms with Gasteiger partial charge in [0.05, 0.1) is 17.5 Å². The molecule has 0 aliphatic carbocycles. The Bertz CT molecular complexity index is 669. The van der Waals surface area contributed by atoms with Gasteiger partial charge in [-0.3, -0.25) is 9.89 Å². The van der Waals surface area contributed by atoms with E-state index in [1.165, 1.54) is 31.5 Å². The summed E-state index contributed by atoms with van der Waals surface area (Å²) in [5, 5.41) is 9.86. The number of hydrogen-bond acceptors (Lipinski definition) is 3. The van der Waals surface area contributed by atoms with Crippen molar-refractivity contribution in [2.75, 3.05) is 25.0 Å². The lowest BCUT2D eigenvalue weighted by Crippen LogP contribution is -2.21. The molecule has 128 valence electrons. The van der Waals surface area contributed by atoms with Gasteiger partial charge in [-0.2, -0.15) is 5.10 Å². The van der Waals surface area contributed by atoms with Crippen LogP contribution in [0.25, 0.3) is 0 Å². The van der Waals surface area contributed by atoms with Crippen LogP contribution in [0.4, 0.5) is 5.69 Å². The number of aromatic nitrogens is 2. The molecule has 2 aromatic rings. The zero-order chi connectivity index (χ0) is 16.9. The molecule has 1 aromatic carbocycles. The molecule has 5 nitrogen and oxygen atoms in total. The molecule has 2 N–H and O–H groups in total. The predicted octanol–water partition coefficient (Wildman–Crippen LogP) is 3.42. The lowest BCUT2D eigenvalue weighted by atomic mass is 10.1. The van der Waals surface area contributed by atoms with Crippen LogP contribution in [-0.2, 0) is 6.42 Å². The maximum atomic E-state index is 12.4. The van der Waals surface area contributed by atoms with Crippen LogP contribution >= 0.6 is 0 Å². The fraction of sp³-hybridized carbons (Fsp3) is 0.474. The smallest absolute Gasteiger partial charge is 0.259 e. The molecule has 1 aliphatic rings. The maximum Gasteiger partial charge on any atom is 0.259 e. The van der Waals surface area contributed by atoms with Crippen molar-refractivity contribution < 1.29 is 4.79 Å². The first-order chi connectivity index (χ1) is 11.6. The summed E-state index contributed by atoms with van der Waals surface area (Å²) in [5.41, 5.74) is 3.62. The highest BCUT2D eigenvalue weighted by atomic mass is 16.1. The molecule has 1 aromatic heterocycles. The number of aromatic amines is 1. The summed E-state index contributed by atoms with van der Waals surface area (Å²) >= 11 is 0. The molecular weight excluding hydrogens is 300 g/mol. The average molecular weight is 326 g/mol. The molecule has 0 unspecified atom stereocenters. The van der Waals surface area contributed by atoms with Gasteiger partial charge in [0.25, 0.3) is 5.91 Å². The number of benzene rings is 1. The summed E-state index contributed by atoms with van der Waals surface area (Å²) in [4.78, 5) is 14.9. The van der Waals surface area contributed by atoms with Crippen molar-refractivity contribution in [3.8, 4) is 0 Å². The fourth-order valence-electron chi connectivity index (χ4n) is 3.16. The van der Waals surface area contributed by atoms with Gasteiger partial charge >= 0.3 is 0 Å². The van der Waals surface area contributed by atoms with Crippen molar-refractivity contribution in [1.29, 1.82) is 0 Å². The molecule has 0 bridgehead atoms. The first-order valence-electron chi connectivity index (χ1n) is 8.79. The first-order valence-corrected chi connectivity index (χ1v) is 8.79. The van der Waals surface area contributed by atoms with Crippen LogP contribution in [0.3, 0.4) is 0 Å². The van der Waals surface area contributed by atoms with E-state index in [1.807, 2.05) is 26.0 Å². The maximum absolute atomic E-state index is 12.4. The van der Waals surface area contributed by atoms with E-state index in [1.54, 1.807) is 6.20 Å². The van der Waals surface area contributed by atoms with Crippen LogP contribution in [0, 0.1) is 0 Å². The summed E-state index contributed by atoms with van der Waals surface area (Å²) in [6.45, 7) is 7.67. The van der Waals surface area contributed by atoms with Crippen molar-refractivity contribution in [3.63, 3.8) is 0 Å². The summed E-state index contributed by atoms with van der Waals surface area (Å²) in [6, 6.07) is 8.16. The second-order valence-electron chi connectivity index (χ2n) is 6.80. The van der Waals surface area contributed by atoms with Gasteiger partial charge in [-0.1, -0.05) is 26.0 Å². The highest BCUT2D eigenvalue weighted by molar-refractivity contribution is 6.05. The van der Waals surface area contributed by atoms with Crippen molar-refractivity contribution in [3.05, 3.63) is 47.3 Å². The third-order valence-electron chi connectivity index (χ3n) is 4.62. The van der Waals surface area contributed by atoms with Gasteiger partial charge in [0.1, 0.15) is 0 Å². The van der Waals surface area contributed by atoms with Crippen LogP contribution in [0.2, 0.25) is 0 Å². The molecule has 0 radical (unpaired) electrons. The fourth-order valence-corrected chi connectivity index (χ4v) is 3.16.